The summed E-state index contributed by atoms with van der Waals surface area (Å²) < 4.78 is 68.1. The van der Waals surface area contributed by atoms with Gasteiger partial charge in [-0.15, -0.1) is 0 Å². The first-order valence-electron chi connectivity index (χ1n) is 8.53. The van der Waals surface area contributed by atoms with Crippen molar-refractivity contribution in [2.75, 3.05) is 12.3 Å². The molecule has 3 unspecified atom stereocenters. The van der Waals surface area contributed by atoms with Crippen LogP contribution in [-0.4, -0.2) is 25.2 Å². The molecule has 0 saturated heterocycles. The zero-order chi connectivity index (χ0) is 22.5. The van der Waals surface area contributed by atoms with Gasteiger partial charge in [-0.3, -0.25) is 5.10 Å². The molecular weight excluding hydrogens is 466 g/mol. The Labute approximate surface area is 180 Å². The van der Waals surface area contributed by atoms with E-state index >= 15 is 0 Å². The molecule has 13 heteroatoms. The van der Waals surface area contributed by atoms with Crippen LogP contribution in [0.25, 0.3) is 0 Å². The maximum absolute atomic E-state index is 13.2. The van der Waals surface area contributed by atoms with Gasteiger partial charge < -0.3 is 5.73 Å². The summed E-state index contributed by atoms with van der Waals surface area (Å²) in [7, 11) is -4.29. The number of halogens is 5. The molecule has 0 spiro atoms. The number of aromatic nitrogens is 2. The second kappa shape index (κ2) is 7.60. The molecule has 2 aromatic rings. The molecule has 1 saturated carbocycles. The molecule has 0 amide bonds. The Morgan fingerprint density at radius 3 is 2.47 bits per heavy atom. The van der Waals surface area contributed by atoms with Crippen LogP contribution < -0.4 is 10.5 Å². The number of sulfonamides is 1. The van der Waals surface area contributed by atoms with E-state index in [-0.39, 0.29) is 29.4 Å². The first-order chi connectivity index (χ1) is 13.8. The SMILES string of the molecule is CC1(CNS(=O)(=O)C(c2cn[nH]c2N)c2c(Cl)cc(C(F)(F)F)cc2Cl)CC1C#N. The minimum atomic E-state index is -4.72. The second-order valence-corrected chi connectivity index (χ2v) is 10.0. The number of alkyl halides is 3. The van der Waals surface area contributed by atoms with Crippen LogP contribution in [0.5, 0.6) is 0 Å². The molecule has 162 valence electrons. The van der Waals surface area contributed by atoms with E-state index in [0.29, 0.717) is 18.6 Å². The highest BCUT2D eigenvalue weighted by atomic mass is 35.5. The monoisotopic (exact) mass is 481 g/mol. The third-order valence-corrected chi connectivity index (χ3v) is 7.43. The van der Waals surface area contributed by atoms with E-state index < -0.39 is 42.5 Å². The van der Waals surface area contributed by atoms with Gasteiger partial charge in [0.05, 0.1) is 23.7 Å². The number of nitrogen functional groups attached to an aromatic ring is 1. The quantitative estimate of drug-likeness (QED) is 0.577. The largest absolute Gasteiger partial charge is 0.416 e. The van der Waals surface area contributed by atoms with Gasteiger partial charge in [0, 0.05) is 27.7 Å². The van der Waals surface area contributed by atoms with E-state index in [9.17, 15) is 21.6 Å². The van der Waals surface area contributed by atoms with Crippen molar-refractivity contribution in [3.63, 3.8) is 0 Å². The molecule has 0 bridgehead atoms. The fourth-order valence-corrected chi connectivity index (χ4v) is 5.76. The Morgan fingerprint density at radius 2 is 2.03 bits per heavy atom. The molecule has 1 aliphatic carbocycles. The fourth-order valence-electron chi connectivity index (χ4n) is 3.14. The van der Waals surface area contributed by atoms with Crippen molar-refractivity contribution < 1.29 is 21.6 Å². The number of nitrogens with zero attached hydrogens (tertiary/aromatic N) is 2. The maximum Gasteiger partial charge on any atom is 0.416 e. The van der Waals surface area contributed by atoms with Crippen LogP contribution >= 0.6 is 23.2 Å². The van der Waals surface area contributed by atoms with Crippen LogP contribution in [0.15, 0.2) is 18.3 Å². The number of aromatic amines is 1. The average molecular weight is 482 g/mol. The Bertz CT molecular complexity index is 1110. The number of hydrogen-bond acceptors (Lipinski definition) is 5. The summed E-state index contributed by atoms with van der Waals surface area (Å²) in [5.74, 6) is -0.402. The summed E-state index contributed by atoms with van der Waals surface area (Å²) >= 11 is 12.1. The number of nitrogens with one attached hydrogen (secondary N) is 2. The highest BCUT2D eigenvalue weighted by Crippen LogP contribution is 2.51. The van der Waals surface area contributed by atoms with Gasteiger partial charge in [-0.1, -0.05) is 30.1 Å². The van der Waals surface area contributed by atoms with E-state index in [1.54, 1.807) is 6.92 Å². The molecular formula is C17H16Cl2F3N5O2S. The standard InChI is InChI=1S/C17H16Cl2F3N5O2S/c1-16(4-9(16)5-23)7-26-30(28,29)14(10-6-25-27-15(10)24)13-11(18)2-8(3-12(13)19)17(20,21)22/h2-3,6,9,14,26H,4,7H2,1H3,(H3,24,25,27). The molecule has 1 heterocycles. The summed E-state index contributed by atoms with van der Waals surface area (Å²) in [6, 6.07) is 3.30. The Morgan fingerprint density at radius 1 is 1.43 bits per heavy atom. The minimum absolute atomic E-state index is 0.0242. The summed E-state index contributed by atoms with van der Waals surface area (Å²) in [5.41, 5.74) is 3.85. The fraction of sp³-hybridized carbons (Fsp3) is 0.412. The zero-order valence-corrected chi connectivity index (χ0v) is 17.7. The van der Waals surface area contributed by atoms with E-state index in [0.717, 1.165) is 6.20 Å². The molecule has 3 atom stereocenters. The van der Waals surface area contributed by atoms with E-state index in [2.05, 4.69) is 21.0 Å². The number of benzene rings is 1. The van der Waals surface area contributed by atoms with Crippen molar-refractivity contribution in [2.24, 2.45) is 11.3 Å². The van der Waals surface area contributed by atoms with E-state index in [1.165, 1.54) is 0 Å². The van der Waals surface area contributed by atoms with Crippen molar-refractivity contribution in [2.45, 2.75) is 24.8 Å². The van der Waals surface area contributed by atoms with Crippen molar-refractivity contribution in [3.8, 4) is 6.07 Å². The van der Waals surface area contributed by atoms with E-state index in [1.807, 2.05) is 0 Å². The third-order valence-electron chi connectivity index (χ3n) is 5.15. The van der Waals surface area contributed by atoms with Crippen molar-refractivity contribution in [1.82, 2.24) is 14.9 Å². The average Bonchev–Trinajstić information content (AvgIpc) is 3.12. The van der Waals surface area contributed by atoms with Crippen LogP contribution in [0.1, 0.15) is 35.3 Å². The van der Waals surface area contributed by atoms with E-state index in [4.69, 9.17) is 34.2 Å². The smallest absolute Gasteiger partial charge is 0.384 e. The highest BCUT2D eigenvalue weighted by molar-refractivity contribution is 7.90. The first kappa shape index (κ1) is 22.7. The molecule has 30 heavy (non-hydrogen) atoms. The number of H-pyrrole nitrogens is 1. The van der Waals surface area contributed by atoms with Crippen molar-refractivity contribution in [1.29, 1.82) is 5.26 Å². The van der Waals surface area contributed by atoms with Gasteiger partial charge in [-0.2, -0.15) is 23.5 Å². The van der Waals surface area contributed by atoms with Gasteiger partial charge in [0.2, 0.25) is 10.0 Å². The first-order valence-corrected chi connectivity index (χ1v) is 10.8. The molecule has 3 rings (SSSR count). The molecule has 1 aromatic carbocycles. The molecule has 1 fully saturated rings. The lowest BCUT2D eigenvalue weighted by Crippen LogP contribution is -2.34. The Kier molecular flexibility index (Phi) is 5.75. The molecule has 7 nitrogen and oxygen atoms in total. The number of rotatable bonds is 6. The molecule has 4 N–H and O–H groups in total. The van der Waals surface area contributed by atoms with Crippen LogP contribution in [0.4, 0.5) is 19.0 Å². The van der Waals surface area contributed by atoms with Crippen LogP contribution in [0.3, 0.4) is 0 Å². The maximum atomic E-state index is 13.2. The van der Waals surface area contributed by atoms with Crippen LogP contribution in [-0.2, 0) is 16.2 Å². The number of anilines is 1. The summed E-state index contributed by atoms with van der Waals surface area (Å²) in [4.78, 5) is 0. The normalized spacial score (nSPS) is 22.5. The number of hydrogen-bond donors (Lipinski definition) is 3. The van der Waals surface area contributed by atoms with Crippen LogP contribution in [0.2, 0.25) is 10.0 Å². The predicted molar refractivity (Wildman–Crippen MR) is 105 cm³/mol. The lowest BCUT2D eigenvalue weighted by atomic mass is 10.0. The summed E-state index contributed by atoms with van der Waals surface area (Å²) in [6.07, 6.45) is -3.06. The van der Waals surface area contributed by atoms with Gasteiger partial charge in [-0.25, -0.2) is 13.1 Å². The van der Waals surface area contributed by atoms with Gasteiger partial charge in [0.1, 0.15) is 11.1 Å². The lowest BCUT2D eigenvalue weighted by molar-refractivity contribution is -0.137. The third kappa shape index (κ3) is 4.23. The molecule has 1 aliphatic rings. The highest BCUT2D eigenvalue weighted by Gasteiger charge is 2.51. The number of nitriles is 1. The lowest BCUT2D eigenvalue weighted by Gasteiger charge is -2.22. The topological polar surface area (TPSA) is 125 Å². The van der Waals surface area contributed by atoms with Gasteiger partial charge in [-0.05, 0) is 24.0 Å². The van der Waals surface area contributed by atoms with Crippen molar-refractivity contribution >= 4 is 39.0 Å². The van der Waals surface area contributed by atoms with Crippen molar-refractivity contribution in [3.05, 3.63) is 45.1 Å². The summed E-state index contributed by atoms with van der Waals surface area (Å²) in [5, 5.41) is 12.5. The van der Waals surface area contributed by atoms with Gasteiger partial charge in [0.25, 0.3) is 0 Å². The predicted octanol–water partition coefficient (Wildman–Crippen LogP) is 3.88. The molecule has 0 aliphatic heterocycles. The van der Waals surface area contributed by atoms with Gasteiger partial charge >= 0.3 is 6.18 Å². The zero-order valence-electron chi connectivity index (χ0n) is 15.4. The Hall–Kier alpha value is -2.00. The molecule has 1 aromatic heterocycles. The minimum Gasteiger partial charge on any atom is -0.384 e. The Balaban J connectivity index is 2.07. The summed E-state index contributed by atoms with van der Waals surface area (Å²) in [6.45, 7) is 1.71. The van der Waals surface area contributed by atoms with Crippen LogP contribution in [0, 0.1) is 22.7 Å². The molecule has 0 radical (unpaired) electrons. The van der Waals surface area contributed by atoms with Gasteiger partial charge in [0.15, 0.2) is 0 Å². The number of nitrogens with two attached hydrogens (primary N) is 1. The second-order valence-electron chi connectivity index (χ2n) is 7.38.